The highest BCUT2D eigenvalue weighted by Gasteiger charge is 2.16. The van der Waals surface area contributed by atoms with E-state index >= 15 is 0 Å². The summed E-state index contributed by atoms with van der Waals surface area (Å²) in [6, 6.07) is 11.8. The number of hydrogen-bond acceptors (Lipinski definition) is 6. The number of aryl methyl sites for hydroxylation is 1. The van der Waals surface area contributed by atoms with Crippen molar-refractivity contribution < 1.29 is 9.47 Å². The Morgan fingerprint density at radius 3 is 2.96 bits per heavy atom. The molecule has 134 valence electrons. The van der Waals surface area contributed by atoms with Gasteiger partial charge in [-0.2, -0.15) is 4.98 Å². The zero-order chi connectivity index (χ0) is 17.8. The van der Waals surface area contributed by atoms with E-state index in [2.05, 4.69) is 20.4 Å². The molecule has 1 fully saturated rings. The predicted molar refractivity (Wildman–Crippen MR) is 98.1 cm³/mol. The lowest BCUT2D eigenvalue weighted by Gasteiger charge is -2.13. The number of rotatable bonds is 6. The summed E-state index contributed by atoms with van der Waals surface area (Å²) in [5.41, 5.74) is 2.63. The van der Waals surface area contributed by atoms with Crippen LogP contribution in [0.25, 0.3) is 5.69 Å². The first-order valence-electron chi connectivity index (χ1n) is 8.73. The molecule has 1 saturated heterocycles. The summed E-state index contributed by atoms with van der Waals surface area (Å²) in [6.45, 7) is 3.30. The maximum atomic E-state index is 5.82. The molecule has 2 aromatic heterocycles. The third-order valence-electron chi connectivity index (χ3n) is 4.28. The summed E-state index contributed by atoms with van der Waals surface area (Å²) in [5.74, 6) is 1.21. The van der Waals surface area contributed by atoms with Crippen LogP contribution >= 0.6 is 0 Å². The molecular formula is C19H21N5O2. The SMILES string of the molecule is Cc1ncc(OCC2CCCO2)cc1Nc1ncn(-c2ccccc2)n1. The van der Waals surface area contributed by atoms with Crippen molar-refractivity contribution in [1.29, 1.82) is 0 Å². The zero-order valence-corrected chi connectivity index (χ0v) is 14.6. The van der Waals surface area contributed by atoms with E-state index in [1.54, 1.807) is 17.2 Å². The third-order valence-corrected chi connectivity index (χ3v) is 4.28. The first kappa shape index (κ1) is 16.5. The number of anilines is 2. The normalized spacial score (nSPS) is 16.6. The van der Waals surface area contributed by atoms with Gasteiger partial charge in [0.05, 0.1) is 29.4 Å². The van der Waals surface area contributed by atoms with Crippen molar-refractivity contribution in [2.45, 2.75) is 25.9 Å². The summed E-state index contributed by atoms with van der Waals surface area (Å²) >= 11 is 0. The zero-order valence-electron chi connectivity index (χ0n) is 14.6. The number of pyridine rings is 1. The number of nitrogens with one attached hydrogen (secondary N) is 1. The summed E-state index contributed by atoms with van der Waals surface area (Å²) in [4.78, 5) is 8.71. The molecule has 1 atom stereocenters. The molecule has 1 aliphatic rings. The number of para-hydroxylation sites is 1. The van der Waals surface area contributed by atoms with Crippen molar-refractivity contribution in [2.24, 2.45) is 0 Å². The Kier molecular flexibility index (Phi) is 4.79. The number of nitrogens with zero attached hydrogens (tertiary/aromatic N) is 4. The van der Waals surface area contributed by atoms with Gasteiger partial charge < -0.3 is 14.8 Å². The van der Waals surface area contributed by atoms with E-state index in [-0.39, 0.29) is 6.10 Å². The highest BCUT2D eigenvalue weighted by Crippen LogP contribution is 2.23. The van der Waals surface area contributed by atoms with Crippen LogP contribution in [0, 0.1) is 6.92 Å². The monoisotopic (exact) mass is 351 g/mol. The van der Waals surface area contributed by atoms with E-state index in [4.69, 9.17) is 9.47 Å². The van der Waals surface area contributed by atoms with Gasteiger partial charge in [-0.05, 0) is 31.9 Å². The van der Waals surface area contributed by atoms with Crippen LogP contribution in [0.4, 0.5) is 11.6 Å². The molecule has 26 heavy (non-hydrogen) atoms. The summed E-state index contributed by atoms with van der Waals surface area (Å²) in [7, 11) is 0. The Hall–Kier alpha value is -2.93. The Morgan fingerprint density at radius 2 is 2.15 bits per heavy atom. The van der Waals surface area contributed by atoms with Gasteiger partial charge in [0.25, 0.3) is 0 Å². The van der Waals surface area contributed by atoms with Gasteiger partial charge in [0.1, 0.15) is 18.7 Å². The van der Waals surface area contributed by atoms with E-state index in [0.29, 0.717) is 18.3 Å². The molecule has 0 amide bonds. The van der Waals surface area contributed by atoms with E-state index < -0.39 is 0 Å². The fraction of sp³-hybridized carbons (Fsp3) is 0.316. The smallest absolute Gasteiger partial charge is 0.247 e. The highest BCUT2D eigenvalue weighted by atomic mass is 16.5. The minimum absolute atomic E-state index is 0.177. The summed E-state index contributed by atoms with van der Waals surface area (Å²) < 4.78 is 13.1. The van der Waals surface area contributed by atoms with Crippen LogP contribution in [-0.2, 0) is 4.74 Å². The predicted octanol–water partition coefficient (Wildman–Crippen LogP) is 3.27. The quantitative estimate of drug-likeness (QED) is 0.735. The minimum atomic E-state index is 0.177. The molecule has 3 heterocycles. The molecule has 1 aliphatic heterocycles. The second kappa shape index (κ2) is 7.53. The molecule has 0 radical (unpaired) electrons. The lowest BCUT2D eigenvalue weighted by molar-refractivity contribution is 0.0678. The van der Waals surface area contributed by atoms with Gasteiger partial charge in [0.2, 0.25) is 5.95 Å². The minimum Gasteiger partial charge on any atom is -0.489 e. The van der Waals surface area contributed by atoms with Crippen molar-refractivity contribution in [3.63, 3.8) is 0 Å². The van der Waals surface area contributed by atoms with Crippen LogP contribution in [0.15, 0.2) is 48.9 Å². The fourth-order valence-electron chi connectivity index (χ4n) is 2.83. The van der Waals surface area contributed by atoms with Gasteiger partial charge in [0, 0.05) is 12.7 Å². The first-order chi connectivity index (χ1) is 12.8. The van der Waals surface area contributed by atoms with E-state index in [9.17, 15) is 0 Å². The van der Waals surface area contributed by atoms with Gasteiger partial charge in [-0.15, -0.1) is 5.10 Å². The number of benzene rings is 1. The van der Waals surface area contributed by atoms with E-state index in [1.807, 2.05) is 43.3 Å². The summed E-state index contributed by atoms with van der Waals surface area (Å²) in [6.07, 6.45) is 5.73. The highest BCUT2D eigenvalue weighted by molar-refractivity contribution is 5.58. The molecule has 1 aromatic carbocycles. The van der Waals surface area contributed by atoms with Gasteiger partial charge in [-0.1, -0.05) is 18.2 Å². The van der Waals surface area contributed by atoms with Crippen molar-refractivity contribution >= 4 is 11.6 Å². The molecule has 0 bridgehead atoms. The topological polar surface area (TPSA) is 74.1 Å². The third kappa shape index (κ3) is 3.83. The van der Waals surface area contributed by atoms with Crippen LogP contribution in [-0.4, -0.2) is 39.1 Å². The van der Waals surface area contributed by atoms with Gasteiger partial charge >= 0.3 is 0 Å². The van der Waals surface area contributed by atoms with Gasteiger partial charge in [-0.3, -0.25) is 4.98 Å². The molecule has 1 unspecified atom stereocenters. The van der Waals surface area contributed by atoms with Gasteiger partial charge in [0.15, 0.2) is 0 Å². The Labute approximate surface area is 152 Å². The van der Waals surface area contributed by atoms with E-state index in [0.717, 1.165) is 36.5 Å². The average Bonchev–Trinajstić information content (AvgIpc) is 3.35. The van der Waals surface area contributed by atoms with Crippen molar-refractivity contribution in [3.8, 4) is 11.4 Å². The summed E-state index contributed by atoms with van der Waals surface area (Å²) in [5, 5.41) is 7.68. The lowest BCUT2D eigenvalue weighted by atomic mass is 10.2. The van der Waals surface area contributed by atoms with Crippen molar-refractivity contribution in [3.05, 3.63) is 54.6 Å². The molecule has 7 nitrogen and oxygen atoms in total. The maximum Gasteiger partial charge on any atom is 0.247 e. The second-order valence-corrected chi connectivity index (χ2v) is 6.22. The van der Waals surface area contributed by atoms with Crippen LogP contribution in [0.2, 0.25) is 0 Å². The standard InChI is InChI=1S/C19H21N5O2/c1-14-18(10-17(11-20-14)26-12-16-8-5-9-25-16)22-19-21-13-24(23-19)15-6-3-2-4-7-15/h2-4,6-7,10-11,13,16H,5,8-9,12H2,1H3,(H,22,23). The van der Waals surface area contributed by atoms with Crippen LogP contribution < -0.4 is 10.1 Å². The molecule has 4 rings (SSSR count). The van der Waals surface area contributed by atoms with Crippen molar-refractivity contribution in [1.82, 2.24) is 19.7 Å². The molecule has 0 saturated carbocycles. The lowest BCUT2D eigenvalue weighted by Crippen LogP contribution is -2.16. The number of ether oxygens (including phenoxy) is 2. The molecular weight excluding hydrogens is 330 g/mol. The molecule has 7 heteroatoms. The number of aromatic nitrogens is 4. The molecule has 3 aromatic rings. The second-order valence-electron chi connectivity index (χ2n) is 6.22. The van der Waals surface area contributed by atoms with Gasteiger partial charge in [-0.25, -0.2) is 4.68 Å². The molecule has 1 N–H and O–H groups in total. The largest absolute Gasteiger partial charge is 0.489 e. The number of hydrogen-bond donors (Lipinski definition) is 1. The van der Waals surface area contributed by atoms with Crippen LogP contribution in [0.5, 0.6) is 5.75 Å². The maximum absolute atomic E-state index is 5.82. The fourth-order valence-corrected chi connectivity index (χ4v) is 2.83. The van der Waals surface area contributed by atoms with Crippen LogP contribution in [0.3, 0.4) is 0 Å². The first-order valence-corrected chi connectivity index (χ1v) is 8.73. The van der Waals surface area contributed by atoms with Crippen molar-refractivity contribution in [2.75, 3.05) is 18.5 Å². The molecule has 0 aliphatic carbocycles. The van der Waals surface area contributed by atoms with E-state index in [1.165, 1.54) is 0 Å². The Bertz CT molecular complexity index is 859. The van der Waals surface area contributed by atoms with Crippen LogP contribution in [0.1, 0.15) is 18.5 Å². The Balaban J connectivity index is 1.45. The average molecular weight is 351 g/mol. The molecule has 0 spiro atoms. The Morgan fingerprint density at radius 1 is 1.27 bits per heavy atom.